The van der Waals surface area contributed by atoms with Gasteiger partial charge in [0.2, 0.25) is 0 Å². The van der Waals surface area contributed by atoms with Crippen LogP contribution < -0.4 is 0 Å². The Labute approximate surface area is 118 Å². The third-order valence-electron chi connectivity index (χ3n) is 4.56. The minimum atomic E-state index is -1.16. The van der Waals surface area contributed by atoms with E-state index in [9.17, 15) is 9.90 Å². The van der Waals surface area contributed by atoms with Gasteiger partial charge in [-0.3, -0.25) is 4.79 Å². The number of hydrogen-bond acceptors (Lipinski definition) is 6. The monoisotopic (exact) mass is 288 g/mol. The van der Waals surface area contributed by atoms with Crippen LogP contribution in [0.1, 0.15) is 26.2 Å². The fourth-order valence-corrected chi connectivity index (χ4v) is 3.57. The van der Waals surface area contributed by atoms with E-state index >= 15 is 0 Å². The highest BCUT2D eigenvalue weighted by atomic mass is 32.1. The predicted octanol–water partition coefficient (Wildman–Crippen LogP) is 0.342. The minimum absolute atomic E-state index is 0.0860. The number of rotatable bonds is 2. The van der Waals surface area contributed by atoms with Crippen LogP contribution in [0, 0.1) is 0 Å². The first-order valence-electron chi connectivity index (χ1n) is 6.79. The quantitative estimate of drug-likeness (QED) is 0.718. The Kier molecular flexibility index (Phi) is 3.42. The largest absolute Gasteiger partial charge is 0.382 e. The molecule has 0 aromatic carbocycles. The van der Waals surface area contributed by atoms with Crippen LogP contribution in [0.2, 0.25) is 0 Å². The number of ketones is 1. The summed E-state index contributed by atoms with van der Waals surface area (Å²) in [5, 5.41) is 10.9. The Balaban J connectivity index is 1.82. The zero-order chi connectivity index (χ0) is 13.7. The molecule has 3 aliphatic rings. The second kappa shape index (κ2) is 4.70. The number of Topliss-reactive ketones (excluding diaryl/α,β-unsaturated/α-hetero) is 1. The lowest BCUT2D eigenvalue weighted by Gasteiger charge is -2.37. The van der Waals surface area contributed by atoms with Gasteiger partial charge < -0.3 is 19.3 Å². The lowest BCUT2D eigenvalue weighted by Crippen LogP contribution is -2.55. The van der Waals surface area contributed by atoms with Crippen molar-refractivity contribution in [2.45, 2.75) is 54.8 Å². The normalized spacial score (nSPS) is 50.2. The maximum Gasteiger partial charge on any atom is 0.150 e. The van der Waals surface area contributed by atoms with Gasteiger partial charge in [0, 0.05) is 6.61 Å². The third kappa shape index (κ3) is 1.96. The van der Waals surface area contributed by atoms with Crippen LogP contribution in [-0.4, -0.2) is 59.4 Å². The van der Waals surface area contributed by atoms with Gasteiger partial charge in [-0.2, -0.15) is 12.6 Å². The number of ether oxygens (including phenoxy) is 3. The predicted molar refractivity (Wildman–Crippen MR) is 70.4 cm³/mol. The average Bonchev–Trinajstić information content (AvgIpc) is 2.93. The summed E-state index contributed by atoms with van der Waals surface area (Å²) in [4.78, 5) is 11.7. The lowest BCUT2D eigenvalue weighted by atomic mass is 9.84. The molecular formula is C13H20O5S. The average molecular weight is 288 g/mol. The topological polar surface area (TPSA) is 65.0 Å². The van der Waals surface area contributed by atoms with E-state index in [0.717, 1.165) is 19.3 Å². The highest BCUT2D eigenvalue weighted by molar-refractivity contribution is 7.82. The summed E-state index contributed by atoms with van der Waals surface area (Å²) in [5.74, 6) is -0.0860. The van der Waals surface area contributed by atoms with E-state index in [-0.39, 0.29) is 25.1 Å². The molecule has 3 rings (SSSR count). The summed E-state index contributed by atoms with van der Waals surface area (Å²) < 4.78 is 16.1. The molecule has 0 aromatic rings. The highest BCUT2D eigenvalue weighted by Gasteiger charge is 2.65. The molecular weight excluding hydrogens is 268 g/mol. The van der Waals surface area contributed by atoms with Crippen molar-refractivity contribution in [3.05, 3.63) is 0 Å². The Bertz CT molecular complexity index is 383. The molecule has 0 saturated carbocycles. The van der Waals surface area contributed by atoms with Gasteiger partial charge in [-0.15, -0.1) is 0 Å². The number of thiol groups is 1. The van der Waals surface area contributed by atoms with Crippen LogP contribution in [0.25, 0.3) is 0 Å². The Morgan fingerprint density at radius 3 is 2.58 bits per heavy atom. The van der Waals surface area contributed by atoms with Crippen molar-refractivity contribution in [3.63, 3.8) is 0 Å². The Hall–Kier alpha value is -0.140. The van der Waals surface area contributed by atoms with E-state index in [2.05, 4.69) is 12.6 Å². The van der Waals surface area contributed by atoms with Gasteiger partial charge in [0.1, 0.15) is 22.6 Å². The molecule has 1 N–H and O–H groups in total. The molecule has 0 spiro atoms. The molecule has 0 aromatic heterocycles. The minimum Gasteiger partial charge on any atom is -0.382 e. The van der Waals surface area contributed by atoms with E-state index < -0.39 is 22.6 Å². The molecule has 19 heavy (non-hydrogen) atoms. The Morgan fingerprint density at radius 1 is 1.21 bits per heavy atom. The molecule has 6 heteroatoms. The Morgan fingerprint density at radius 2 is 1.95 bits per heavy atom. The van der Waals surface area contributed by atoms with E-state index in [1.165, 1.54) is 6.92 Å². The molecule has 5 atom stereocenters. The van der Waals surface area contributed by atoms with Crippen LogP contribution in [-0.2, 0) is 19.0 Å². The lowest BCUT2D eigenvalue weighted by molar-refractivity contribution is -0.167. The first-order chi connectivity index (χ1) is 8.98. The number of carbonyl (C=O) groups excluding carboxylic acids is 1. The van der Waals surface area contributed by atoms with Gasteiger partial charge in [0.25, 0.3) is 0 Å². The zero-order valence-corrected chi connectivity index (χ0v) is 11.9. The van der Waals surface area contributed by atoms with Crippen molar-refractivity contribution < 1.29 is 24.1 Å². The molecule has 0 aliphatic carbocycles. The van der Waals surface area contributed by atoms with E-state index in [0.29, 0.717) is 6.61 Å². The number of carbonyl (C=O) groups is 1. The van der Waals surface area contributed by atoms with Crippen molar-refractivity contribution in [1.82, 2.24) is 0 Å². The first-order valence-corrected chi connectivity index (χ1v) is 7.24. The second-order valence-corrected chi connectivity index (χ2v) is 6.59. The van der Waals surface area contributed by atoms with Crippen molar-refractivity contribution in [1.29, 1.82) is 0 Å². The van der Waals surface area contributed by atoms with Crippen LogP contribution in [0.3, 0.4) is 0 Å². The number of aliphatic hydroxyl groups is 1. The summed E-state index contributed by atoms with van der Waals surface area (Å²) in [6, 6.07) is 0. The summed E-state index contributed by atoms with van der Waals surface area (Å²) in [6.45, 7) is 2.46. The standard InChI is InChI=1S/C13H20O5S/c1-8(14)13(19)7-18-10-11(13)17-6-12(10,15)9-4-2-3-5-16-9/h9-11,15,19H,2-7H2,1H3/t9?,10-,11-,12-,13+/m0/s1. The van der Waals surface area contributed by atoms with Crippen molar-refractivity contribution in [2.75, 3.05) is 19.8 Å². The van der Waals surface area contributed by atoms with Crippen molar-refractivity contribution >= 4 is 18.4 Å². The summed E-state index contributed by atoms with van der Waals surface area (Å²) in [6.07, 6.45) is 1.54. The van der Waals surface area contributed by atoms with E-state index in [1.807, 2.05) is 0 Å². The van der Waals surface area contributed by atoms with Gasteiger partial charge in [-0.1, -0.05) is 0 Å². The summed E-state index contributed by atoms with van der Waals surface area (Å²) in [5.41, 5.74) is -1.16. The maximum atomic E-state index is 11.7. The molecule has 3 heterocycles. The third-order valence-corrected chi connectivity index (χ3v) is 5.26. The molecule has 3 fully saturated rings. The molecule has 3 saturated heterocycles. The van der Waals surface area contributed by atoms with Gasteiger partial charge >= 0.3 is 0 Å². The van der Waals surface area contributed by atoms with Gasteiger partial charge in [-0.05, 0) is 26.2 Å². The summed E-state index contributed by atoms with van der Waals surface area (Å²) in [7, 11) is 0. The zero-order valence-electron chi connectivity index (χ0n) is 11.0. The van der Waals surface area contributed by atoms with Crippen LogP contribution in [0.4, 0.5) is 0 Å². The SMILES string of the molecule is CC(=O)[C@]1(S)CO[C@H]2[C@@H]1OC[C@]2(O)C1CCCCO1. The molecule has 5 nitrogen and oxygen atoms in total. The van der Waals surface area contributed by atoms with E-state index in [4.69, 9.17) is 14.2 Å². The molecule has 1 unspecified atom stereocenters. The second-order valence-electron chi connectivity index (χ2n) is 5.79. The molecule has 108 valence electrons. The number of hydrogen-bond donors (Lipinski definition) is 2. The maximum absolute atomic E-state index is 11.7. The van der Waals surface area contributed by atoms with Crippen molar-refractivity contribution in [3.8, 4) is 0 Å². The molecule has 3 aliphatic heterocycles. The van der Waals surface area contributed by atoms with Crippen LogP contribution in [0.15, 0.2) is 0 Å². The van der Waals surface area contributed by atoms with Gasteiger partial charge in [0.15, 0.2) is 5.78 Å². The smallest absolute Gasteiger partial charge is 0.150 e. The number of fused-ring (bicyclic) bond motifs is 1. The van der Waals surface area contributed by atoms with Crippen LogP contribution in [0.5, 0.6) is 0 Å². The highest BCUT2D eigenvalue weighted by Crippen LogP contribution is 2.45. The fraction of sp³-hybridized carbons (Fsp3) is 0.923. The first kappa shape index (κ1) is 13.8. The van der Waals surface area contributed by atoms with E-state index in [1.54, 1.807) is 0 Å². The molecule has 0 radical (unpaired) electrons. The van der Waals surface area contributed by atoms with Crippen LogP contribution >= 0.6 is 12.6 Å². The van der Waals surface area contributed by atoms with Crippen molar-refractivity contribution in [2.24, 2.45) is 0 Å². The fourth-order valence-electron chi connectivity index (χ4n) is 3.29. The van der Waals surface area contributed by atoms with Gasteiger partial charge in [0.05, 0.1) is 19.3 Å². The van der Waals surface area contributed by atoms with Gasteiger partial charge in [-0.25, -0.2) is 0 Å². The molecule has 0 bridgehead atoms. The summed E-state index contributed by atoms with van der Waals surface area (Å²) >= 11 is 4.44. The molecule has 0 amide bonds.